The first-order valence-electron chi connectivity index (χ1n) is 7.13. The molecule has 2 heterocycles. The van der Waals surface area contributed by atoms with Crippen molar-refractivity contribution in [1.82, 2.24) is 9.97 Å². The van der Waals surface area contributed by atoms with E-state index in [1.165, 1.54) is 29.5 Å². The molecule has 0 fully saturated rings. The second kappa shape index (κ2) is 6.87. The van der Waals surface area contributed by atoms with Crippen LogP contribution in [0.3, 0.4) is 0 Å². The smallest absolute Gasteiger partial charge is 0.265 e. The first-order valence-corrected chi connectivity index (χ1v) is 8.01. The minimum Gasteiger partial charge on any atom is -0.265 e. The largest absolute Gasteiger partial charge is 0.416 e. The Labute approximate surface area is 145 Å². The molecule has 0 amide bonds. The Kier molecular flexibility index (Phi) is 4.63. The number of alkyl halides is 3. The highest BCUT2D eigenvalue weighted by atomic mass is 32.1. The van der Waals surface area contributed by atoms with Crippen molar-refractivity contribution in [3.8, 4) is 17.3 Å². The number of nitrogens with zero attached hydrogens (tertiary/aromatic N) is 3. The zero-order valence-corrected chi connectivity index (χ0v) is 13.5. The maximum Gasteiger partial charge on any atom is 0.416 e. The van der Waals surface area contributed by atoms with Gasteiger partial charge in [-0.25, -0.2) is 4.98 Å². The van der Waals surface area contributed by atoms with Gasteiger partial charge in [-0.3, -0.25) is 4.98 Å². The zero-order valence-electron chi connectivity index (χ0n) is 12.7. The summed E-state index contributed by atoms with van der Waals surface area (Å²) in [5.74, 6) is 0. The van der Waals surface area contributed by atoms with E-state index in [4.69, 9.17) is 0 Å². The van der Waals surface area contributed by atoms with E-state index in [1.54, 1.807) is 29.9 Å². The van der Waals surface area contributed by atoms with Crippen LogP contribution in [0.2, 0.25) is 0 Å². The van der Waals surface area contributed by atoms with Crippen molar-refractivity contribution in [3.63, 3.8) is 0 Å². The van der Waals surface area contributed by atoms with Gasteiger partial charge in [-0.15, -0.1) is 11.3 Å². The fourth-order valence-corrected chi connectivity index (χ4v) is 2.96. The van der Waals surface area contributed by atoms with Crippen LogP contribution < -0.4 is 0 Å². The van der Waals surface area contributed by atoms with Crippen LogP contribution in [0.1, 0.15) is 16.1 Å². The Hall–Kier alpha value is -2.98. The number of pyridine rings is 1. The van der Waals surface area contributed by atoms with Crippen molar-refractivity contribution in [3.05, 3.63) is 70.3 Å². The highest BCUT2D eigenvalue weighted by molar-refractivity contribution is 7.11. The molecule has 3 aromatic rings. The fraction of sp³-hybridized carbons (Fsp3) is 0.0556. The first kappa shape index (κ1) is 16.9. The number of nitriles is 1. The molecule has 0 saturated heterocycles. The van der Waals surface area contributed by atoms with E-state index in [0.29, 0.717) is 16.3 Å². The molecule has 0 N–H and O–H groups in total. The molecule has 0 radical (unpaired) electrons. The van der Waals surface area contributed by atoms with Crippen LogP contribution in [0.5, 0.6) is 0 Å². The maximum atomic E-state index is 12.8. The molecular weight excluding hydrogens is 347 g/mol. The van der Waals surface area contributed by atoms with Crippen molar-refractivity contribution in [2.45, 2.75) is 6.18 Å². The van der Waals surface area contributed by atoms with Crippen molar-refractivity contribution in [2.24, 2.45) is 0 Å². The van der Waals surface area contributed by atoms with Crippen LogP contribution in [-0.4, -0.2) is 9.97 Å². The van der Waals surface area contributed by atoms with E-state index in [-0.39, 0.29) is 5.57 Å². The summed E-state index contributed by atoms with van der Waals surface area (Å²) in [6.45, 7) is 0. The minimum absolute atomic E-state index is 0.213. The first-order chi connectivity index (χ1) is 12.0. The zero-order chi connectivity index (χ0) is 17.9. The molecule has 3 nitrogen and oxygen atoms in total. The molecule has 0 spiro atoms. The Morgan fingerprint density at radius 1 is 1.16 bits per heavy atom. The lowest BCUT2D eigenvalue weighted by Crippen LogP contribution is -2.04. The average molecular weight is 357 g/mol. The quantitative estimate of drug-likeness (QED) is 0.599. The molecule has 0 aliphatic carbocycles. The van der Waals surface area contributed by atoms with E-state index < -0.39 is 11.7 Å². The summed E-state index contributed by atoms with van der Waals surface area (Å²) in [7, 11) is 0. The molecule has 25 heavy (non-hydrogen) atoms. The number of thiazole rings is 1. The van der Waals surface area contributed by atoms with E-state index in [2.05, 4.69) is 9.97 Å². The van der Waals surface area contributed by atoms with Crippen LogP contribution in [0, 0.1) is 11.3 Å². The molecule has 0 saturated carbocycles. The van der Waals surface area contributed by atoms with Gasteiger partial charge in [0.2, 0.25) is 0 Å². The second-order valence-corrected chi connectivity index (χ2v) is 5.92. The summed E-state index contributed by atoms with van der Waals surface area (Å²) in [6.07, 6.45) is 0.257. The van der Waals surface area contributed by atoms with Crippen molar-refractivity contribution in [1.29, 1.82) is 5.26 Å². The van der Waals surface area contributed by atoms with Gasteiger partial charge < -0.3 is 0 Å². The lowest BCUT2D eigenvalue weighted by atomic mass is 10.1. The summed E-state index contributed by atoms with van der Waals surface area (Å²) in [6, 6.07) is 10.4. The fourth-order valence-electron chi connectivity index (χ4n) is 2.17. The summed E-state index contributed by atoms with van der Waals surface area (Å²) < 4.78 is 38.4. The third kappa shape index (κ3) is 3.92. The van der Waals surface area contributed by atoms with Gasteiger partial charge in [0, 0.05) is 23.3 Å². The van der Waals surface area contributed by atoms with Crippen molar-refractivity contribution in [2.75, 3.05) is 0 Å². The molecule has 1 aromatic carbocycles. The second-order valence-electron chi connectivity index (χ2n) is 5.07. The van der Waals surface area contributed by atoms with Gasteiger partial charge in [-0.1, -0.05) is 12.1 Å². The van der Waals surface area contributed by atoms with Gasteiger partial charge in [0.05, 0.1) is 16.8 Å². The predicted octanol–water partition coefficient (Wildman–Crippen LogP) is 5.29. The topological polar surface area (TPSA) is 49.6 Å². The molecule has 3 rings (SSSR count). The monoisotopic (exact) mass is 357 g/mol. The summed E-state index contributed by atoms with van der Waals surface area (Å²) in [4.78, 5) is 8.33. The molecule has 0 aliphatic rings. The number of hydrogen-bond donors (Lipinski definition) is 0. The van der Waals surface area contributed by atoms with Crippen molar-refractivity contribution < 1.29 is 13.2 Å². The molecule has 2 aromatic heterocycles. The van der Waals surface area contributed by atoms with Crippen LogP contribution in [0.25, 0.3) is 22.9 Å². The average Bonchev–Trinajstić information content (AvgIpc) is 3.10. The Balaban J connectivity index is 1.95. The number of benzene rings is 1. The lowest BCUT2D eigenvalue weighted by molar-refractivity contribution is -0.137. The Morgan fingerprint density at radius 3 is 2.60 bits per heavy atom. The predicted molar refractivity (Wildman–Crippen MR) is 90.3 cm³/mol. The molecule has 0 aliphatic heterocycles. The Morgan fingerprint density at radius 2 is 1.92 bits per heavy atom. The summed E-state index contributed by atoms with van der Waals surface area (Å²) >= 11 is 1.26. The third-order valence-electron chi connectivity index (χ3n) is 3.36. The highest BCUT2D eigenvalue weighted by Gasteiger charge is 2.30. The molecule has 0 unspecified atom stereocenters. The summed E-state index contributed by atoms with van der Waals surface area (Å²) in [5.41, 5.74) is 1.30. The standard InChI is InChI=1S/C18H10F3N3S/c19-18(20,21)15-3-1-2-12(9-15)8-14(10-22)17-24-16(11-25-17)13-4-6-23-7-5-13/h1-9,11H/b14-8-. The van der Waals surface area contributed by atoms with Gasteiger partial charge in [-0.05, 0) is 35.9 Å². The number of aromatic nitrogens is 2. The van der Waals surface area contributed by atoms with Crippen LogP contribution in [-0.2, 0) is 6.18 Å². The van der Waals surface area contributed by atoms with E-state index in [1.807, 2.05) is 6.07 Å². The number of hydrogen-bond acceptors (Lipinski definition) is 4. The van der Waals surface area contributed by atoms with E-state index >= 15 is 0 Å². The van der Waals surface area contributed by atoms with Gasteiger partial charge in [-0.2, -0.15) is 18.4 Å². The maximum absolute atomic E-state index is 12.8. The summed E-state index contributed by atoms with van der Waals surface area (Å²) in [5, 5.41) is 11.6. The molecule has 0 bridgehead atoms. The van der Waals surface area contributed by atoms with Crippen LogP contribution in [0.4, 0.5) is 13.2 Å². The molecule has 0 atom stereocenters. The van der Waals surface area contributed by atoms with Gasteiger partial charge in [0.15, 0.2) is 0 Å². The Bertz CT molecular complexity index is 953. The third-order valence-corrected chi connectivity index (χ3v) is 4.23. The number of halogens is 3. The normalized spacial score (nSPS) is 12.0. The molecular formula is C18H10F3N3S. The van der Waals surface area contributed by atoms with Crippen molar-refractivity contribution >= 4 is 23.0 Å². The molecule has 7 heteroatoms. The van der Waals surface area contributed by atoms with Gasteiger partial charge >= 0.3 is 6.18 Å². The SMILES string of the molecule is N#C/C(=C/c1cccc(C(F)(F)F)c1)c1nc(-c2ccncc2)cs1. The van der Waals surface area contributed by atoms with Gasteiger partial charge in [0.1, 0.15) is 11.1 Å². The lowest BCUT2D eigenvalue weighted by Gasteiger charge is -2.06. The van der Waals surface area contributed by atoms with Crippen LogP contribution in [0.15, 0.2) is 54.2 Å². The molecule has 124 valence electrons. The van der Waals surface area contributed by atoms with Crippen LogP contribution >= 0.6 is 11.3 Å². The highest BCUT2D eigenvalue weighted by Crippen LogP contribution is 2.31. The number of rotatable bonds is 3. The van der Waals surface area contributed by atoms with Gasteiger partial charge in [0.25, 0.3) is 0 Å². The number of allylic oxidation sites excluding steroid dienone is 1. The minimum atomic E-state index is -4.42. The van der Waals surface area contributed by atoms with E-state index in [0.717, 1.165) is 17.7 Å². The van der Waals surface area contributed by atoms with E-state index in [9.17, 15) is 18.4 Å².